The Balaban J connectivity index is 2.30. The summed E-state index contributed by atoms with van der Waals surface area (Å²) in [4.78, 5) is 0. The Kier molecular flexibility index (Phi) is 5.79. The van der Waals surface area contributed by atoms with Crippen LogP contribution in [0, 0.1) is 5.82 Å². The van der Waals surface area contributed by atoms with Gasteiger partial charge in [0, 0.05) is 15.0 Å². The summed E-state index contributed by atoms with van der Waals surface area (Å²) in [7, 11) is 3.55. The van der Waals surface area contributed by atoms with Crippen LogP contribution < -0.4 is 10.1 Å². The van der Waals surface area contributed by atoms with E-state index in [9.17, 15) is 4.39 Å². The third kappa shape index (κ3) is 4.05. The van der Waals surface area contributed by atoms with Crippen LogP contribution >= 0.6 is 31.9 Å². The molecule has 1 unspecified atom stereocenters. The predicted octanol–water partition coefficient (Wildman–Crippen LogP) is 4.86. The second-order valence-electron chi connectivity index (χ2n) is 4.67. The molecule has 0 aliphatic heterocycles. The molecule has 2 rings (SSSR count). The number of halogens is 3. The molecule has 0 aliphatic carbocycles. The third-order valence-electron chi connectivity index (χ3n) is 3.36. The van der Waals surface area contributed by atoms with Gasteiger partial charge in [0.25, 0.3) is 0 Å². The lowest BCUT2D eigenvalue weighted by molar-refractivity contribution is 0.413. The monoisotopic (exact) mass is 415 g/mol. The highest BCUT2D eigenvalue weighted by Gasteiger charge is 2.16. The highest BCUT2D eigenvalue weighted by molar-refractivity contribution is 9.10. The zero-order valence-corrected chi connectivity index (χ0v) is 15.0. The molecule has 0 fully saturated rings. The first kappa shape index (κ1) is 16.5. The minimum absolute atomic E-state index is 0.0726. The predicted molar refractivity (Wildman–Crippen MR) is 90.3 cm³/mol. The molecule has 112 valence electrons. The fraction of sp³-hybridized carbons (Fsp3) is 0.250. The Morgan fingerprint density at radius 2 is 1.90 bits per heavy atom. The van der Waals surface area contributed by atoms with Crippen LogP contribution in [0.15, 0.2) is 45.3 Å². The molecule has 0 aromatic heterocycles. The lowest BCUT2D eigenvalue weighted by Gasteiger charge is -2.19. The van der Waals surface area contributed by atoms with E-state index in [2.05, 4.69) is 37.2 Å². The van der Waals surface area contributed by atoms with E-state index in [-0.39, 0.29) is 11.9 Å². The first-order valence-electron chi connectivity index (χ1n) is 6.49. The number of benzene rings is 2. The molecule has 0 saturated carbocycles. The molecule has 0 heterocycles. The van der Waals surface area contributed by atoms with E-state index in [0.29, 0.717) is 0 Å². The van der Waals surface area contributed by atoms with E-state index < -0.39 is 0 Å². The lowest BCUT2D eigenvalue weighted by atomic mass is 9.99. The lowest BCUT2D eigenvalue weighted by Crippen LogP contribution is -2.19. The summed E-state index contributed by atoms with van der Waals surface area (Å²) < 4.78 is 20.3. The average molecular weight is 417 g/mol. The van der Waals surface area contributed by atoms with Crippen LogP contribution in [0.25, 0.3) is 0 Å². The van der Waals surface area contributed by atoms with Gasteiger partial charge in [0.05, 0.1) is 7.11 Å². The van der Waals surface area contributed by atoms with Crippen molar-refractivity contribution >= 4 is 31.9 Å². The van der Waals surface area contributed by atoms with Gasteiger partial charge < -0.3 is 10.1 Å². The fourth-order valence-electron chi connectivity index (χ4n) is 2.21. The van der Waals surface area contributed by atoms with E-state index in [1.165, 1.54) is 12.1 Å². The van der Waals surface area contributed by atoms with Crippen molar-refractivity contribution in [1.29, 1.82) is 0 Å². The van der Waals surface area contributed by atoms with Gasteiger partial charge in [-0.3, -0.25) is 0 Å². The van der Waals surface area contributed by atoms with Crippen molar-refractivity contribution in [3.05, 3.63) is 62.3 Å². The summed E-state index contributed by atoms with van der Waals surface area (Å²) >= 11 is 7.00. The minimum Gasteiger partial charge on any atom is -0.497 e. The summed E-state index contributed by atoms with van der Waals surface area (Å²) in [5.74, 6) is 0.573. The minimum atomic E-state index is -0.247. The first-order valence-corrected chi connectivity index (χ1v) is 8.08. The van der Waals surface area contributed by atoms with Crippen molar-refractivity contribution in [2.75, 3.05) is 14.2 Å². The molecule has 2 aromatic rings. The van der Waals surface area contributed by atoms with Gasteiger partial charge in [0.2, 0.25) is 0 Å². The van der Waals surface area contributed by atoms with E-state index in [0.717, 1.165) is 32.2 Å². The topological polar surface area (TPSA) is 21.3 Å². The van der Waals surface area contributed by atoms with Gasteiger partial charge in [-0.1, -0.05) is 37.9 Å². The zero-order chi connectivity index (χ0) is 15.4. The summed E-state index contributed by atoms with van der Waals surface area (Å²) in [5, 5.41) is 3.28. The molecule has 0 radical (unpaired) electrons. The number of hydrogen-bond acceptors (Lipinski definition) is 2. The molecule has 1 atom stereocenters. The van der Waals surface area contributed by atoms with Crippen LogP contribution in [0.2, 0.25) is 0 Å². The smallest absolute Gasteiger partial charge is 0.124 e. The van der Waals surface area contributed by atoms with Gasteiger partial charge in [-0.05, 0) is 54.9 Å². The molecule has 0 bridgehead atoms. The maximum absolute atomic E-state index is 13.2. The molecule has 0 aliphatic rings. The number of hydrogen-bond donors (Lipinski definition) is 1. The molecule has 2 nitrogen and oxygen atoms in total. The van der Waals surface area contributed by atoms with Crippen LogP contribution in [-0.4, -0.2) is 14.2 Å². The molecular formula is C16H16Br2FNO. The van der Waals surface area contributed by atoms with Crippen molar-refractivity contribution in [2.45, 2.75) is 12.5 Å². The number of rotatable bonds is 5. The number of likely N-dealkylation sites (N-methyl/N-ethyl adjacent to an activating group) is 1. The maximum atomic E-state index is 13.2. The van der Waals surface area contributed by atoms with Gasteiger partial charge in [-0.15, -0.1) is 0 Å². The first-order chi connectivity index (χ1) is 10.0. The van der Waals surface area contributed by atoms with Gasteiger partial charge in [-0.25, -0.2) is 4.39 Å². The summed E-state index contributed by atoms with van der Waals surface area (Å²) in [6.45, 7) is 0. The normalized spacial score (nSPS) is 12.2. The molecule has 0 amide bonds. The third-order valence-corrected chi connectivity index (χ3v) is 4.82. The Morgan fingerprint density at radius 1 is 1.14 bits per heavy atom. The van der Waals surface area contributed by atoms with Gasteiger partial charge in [-0.2, -0.15) is 0 Å². The van der Waals surface area contributed by atoms with E-state index in [4.69, 9.17) is 4.74 Å². The van der Waals surface area contributed by atoms with Crippen LogP contribution in [0.4, 0.5) is 4.39 Å². The van der Waals surface area contributed by atoms with E-state index >= 15 is 0 Å². The van der Waals surface area contributed by atoms with Gasteiger partial charge in [0.15, 0.2) is 0 Å². The highest BCUT2D eigenvalue weighted by Crippen LogP contribution is 2.30. The molecule has 0 spiro atoms. The van der Waals surface area contributed by atoms with Crippen molar-refractivity contribution < 1.29 is 9.13 Å². The number of ether oxygens (including phenoxy) is 1. The zero-order valence-electron chi connectivity index (χ0n) is 11.8. The summed E-state index contributed by atoms with van der Waals surface area (Å²) in [6.07, 6.45) is 0.762. The van der Waals surface area contributed by atoms with Crippen LogP contribution in [0.1, 0.15) is 17.2 Å². The number of methoxy groups -OCH3 is 1. The molecule has 2 aromatic carbocycles. The molecular weight excluding hydrogens is 401 g/mol. The van der Waals surface area contributed by atoms with Gasteiger partial charge >= 0.3 is 0 Å². The standard InChI is InChI=1S/C16H16Br2FNO/c1-20-16(13-5-3-11(19)9-15(13)18)8-10-7-12(21-2)4-6-14(10)17/h3-7,9,16,20H,8H2,1-2H3. The Labute approximate surface area is 141 Å². The SMILES string of the molecule is CNC(Cc1cc(OC)ccc1Br)c1ccc(F)cc1Br. The van der Waals surface area contributed by atoms with Crippen LogP contribution in [0.3, 0.4) is 0 Å². The van der Waals surface area contributed by atoms with Crippen molar-refractivity contribution in [3.63, 3.8) is 0 Å². The fourth-order valence-corrected chi connectivity index (χ4v) is 3.24. The number of nitrogens with one attached hydrogen (secondary N) is 1. The quantitative estimate of drug-likeness (QED) is 0.751. The molecule has 0 saturated heterocycles. The summed E-state index contributed by atoms with van der Waals surface area (Å²) in [5.41, 5.74) is 2.15. The highest BCUT2D eigenvalue weighted by atomic mass is 79.9. The molecule has 5 heteroatoms. The summed E-state index contributed by atoms with van der Waals surface area (Å²) in [6, 6.07) is 10.7. The van der Waals surface area contributed by atoms with Crippen LogP contribution in [-0.2, 0) is 6.42 Å². The van der Waals surface area contributed by atoms with E-state index in [1.54, 1.807) is 13.2 Å². The van der Waals surface area contributed by atoms with E-state index in [1.807, 2.05) is 25.2 Å². The maximum Gasteiger partial charge on any atom is 0.124 e. The Morgan fingerprint density at radius 3 is 2.52 bits per heavy atom. The van der Waals surface area contributed by atoms with Gasteiger partial charge in [0.1, 0.15) is 11.6 Å². The largest absolute Gasteiger partial charge is 0.497 e. The average Bonchev–Trinajstić information content (AvgIpc) is 2.47. The van der Waals surface area contributed by atoms with Crippen molar-refractivity contribution in [1.82, 2.24) is 5.32 Å². The molecule has 1 N–H and O–H groups in total. The molecule has 21 heavy (non-hydrogen) atoms. The Bertz CT molecular complexity index is 634. The van der Waals surface area contributed by atoms with Crippen LogP contribution in [0.5, 0.6) is 5.75 Å². The second kappa shape index (κ2) is 7.38. The van der Waals surface area contributed by atoms with Crippen molar-refractivity contribution in [2.24, 2.45) is 0 Å². The Hall–Kier alpha value is -0.910. The second-order valence-corrected chi connectivity index (χ2v) is 6.38. The van der Waals surface area contributed by atoms with Crippen molar-refractivity contribution in [3.8, 4) is 5.75 Å².